The fourth-order valence-corrected chi connectivity index (χ4v) is 3.96. The molecule has 0 radical (unpaired) electrons. The predicted octanol–water partition coefficient (Wildman–Crippen LogP) is 3.29. The maximum absolute atomic E-state index is 12.1. The van der Waals surface area contributed by atoms with E-state index in [4.69, 9.17) is 4.74 Å². The zero-order valence-corrected chi connectivity index (χ0v) is 16.1. The summed E-state index contributed by atoms with van der Waals surface area (Å²) in [5.41, 5.74) is -0.435. The Balaban J connectivity index is 1.79. The summed E-state index contributed by atoms with van der Waals surface area (Å²) in [6.07, 6.45) is 8.06. The monoisotopic (exact) mass is 339 g/mol. The van der Waals surface area contributed by atoms with Crippen LogP contribution in [0, 0.1) is 0 Å². The van der Waals surface area contributed by atoms with Gasteiger partial charge in [0.15, 0.2) is 0 Å². The molecule has 2 N–H and O–H groups in total. The van der Waals surface area contributed by atoms with E-state index in [1.807, 2.05) is 20.8 Å². The van der Waals surface area contributed by atoms with E-state index in [2.05, 4.69) is 22.5 Å². The molecule has 0 aromatic carbocycles. The minimum absolute atomic E-state index is 0.204. The average Bonchev–Trinajstić information content (AvgIpc) is 2.76. The maximum atomic E-state index is 12.1. The summed E-state index contributed by atoms with van der Waals surface area (Å²) in [4.78, 5) is 14.6. The number of nitrogens with one attached hydrogen (secondary N) is 2. The van der Waals surface area contributed by atoms with Crippen molar-refractivity contribution >= 4 is 6.09 Å². The summed E-state index contributed by atoms with van der Waals surface area (Å²) in [5.74, 6) is 0. The SMILES string of the molecule is CCCN1CCCC(NC2CCCC2NC(=O)OC(C)(C)C)CC1. The molecule has 5 nitrogen and oxygen atoms in total. The van der Waals surface area contributed by atoms with Crippen molar-refractivity contribution in [2.75, 3.05) is 19.6 Å². The summed E-state index contributed by atoms with van der Waals surface area (Å²) in [5, 5.41) is 6.93. The molecule has 1 amide bonds. The second kappa shape index (κ2) is 9.04. The highest BCUT2D eigenvalue weighted by atomic mass is 16.6. The Morgan fingerprint density at radius 1 is 1.08 bits per heavy atom. The molecule has 1 aliphatic heterocycles. The number of likely N-dealkylation sites (tertiary alicyclic amines) is 1. The van der Waals surface area contributed by atoms with Crippen LogP contribution in [0.5, 0.6) is 0 Å². The van der Waals surface area contributed by atoms with E-state index in [0.29, 0.717) is 12.1 Å². The van der Waals surface area contributed by atoms with Gasteiger partial charge in [-0.15, -0.1) is 0 Å². The lowest BCUT2D eigenvalue weighted by atomic mass is 10.1. The highest BCUT2D eigenvalue weighted by Crippen LogP contribution is 2.22. The Morgan fingerprint density at radius 3 is 2.54 bits per heavy atom. The molecule has 0 aromatic rings. The van der Waals surface area contributed by atoms with Crippen LogP contribution in [0.3, 0.4) is 0 Å². The van der Waals surface area contributed by atoms with Gasteiger partial charge in [0, 0.05) is 18.1 Å². The molecule has 3 unspecified atom stereocenters. The molecule has 3 atom stereocenters. The Bertz CT molecular complexity index is 395. The lowest BCUT2D eigenvalue weighted by Crippen LogP contribution is -2.50. The molecule has 0 spiro atoms. The molecule has 140 valence electrons. The molecular weight excluding hydrogens is 302 g/mol. The highest BCUT2D eigenvalue weighted by Gasteiger charge is 2.31. The first-order valence-corrected chi connectivity index (χ1v) is 9.85. The van der Waals surface area contributed by atoms with Crippen molar-refractivity contribution in [3.8, 4) is 0 Å². The fourth-order valence-electron chi connectivity index (χ4n) is 3.96. The van der Waals surface area contributed by atoms with Crippen LogP contribution in [-0.2, 0) is 4.74 Å². The first-order valence-electron chi connectivity index (χ1n) is 9.85. The van der Waals surface area contributed by atoms with Crippen LogP contribution in [0.2, 0.25) is 0 Å². The van der Waals surface area contributed by atoms with E-state index < -0.39 is 5.60 Å². The van der Waals surface area contributed by atoms with Crippen LogP contribution in [0.4, 0.5) is 4.79 Å². The van der Waals surface area contributed by atoms with Gasteiger partial charge in [-0.05, 0) is 85.4 Å². The Kier molecular flexibility index (Phi) is 7.35. The van der Waals surface area contributed by atoms with Gasteiger partial charge in [-0.1, -0.05) is 6.92 Å². The molecule has 0 aromatic heterocycles. The van der Waals surface area contributed by atoms with E-state index >= 15 is 0 Å². The standard InChI is InChI=1S/C19H37N3O2/c1-5-12-22-13-7-8-15(11-14-22)20-16-9-6-10-17(16)21-18(23)24-19(2,3)4/h15-17,20H,5-14H2,1-4H3,(H,21,23). The van der Waals surface area contributed by atoms with Crippen LogP contribution >= 0.6 is 0 Å². The van der Waals surface area contributed by atoms with Crippen LogP contribution in [0.1, 0.15) is 72.6 Å². The molecule has 1 saturated carbocycles. The Hall–Kier alpha value is -0.810. The Morgan fingerprint density at radius 2 is 1.83 bits per heavy atom. The number of amides is 1. The normalized spacial score (nSPS) is 29.2. The number of carbonyl (C=O) groups excluding carboxylic acids is 1. The number of hydrogen-bond acceptors (Lipinski definition) is 4. The van der Waals surface area contributed by atoms with Crippen LogP contribution < -0.4 is 10.6 Å². The third-order valence-electron chi connectivity index (χ3n) is 5.03. The largest absolute Gasteiger partial charge is 0.444 e. The van der Waals surface area contributed by atoms with E-state index in [-0.39, 0.29) is 12.1 Å². The number of alkyl carbamates (subject to hydrolysis) is 1. The Labute approximate surface area is 147 Å². The van der Waals surface area contributed by atoms with E-state index in [1.54, 1.807) is 0 Å². The lowest BCUT2D eigenvalue weighted by molar-refractivity contribution is 0.0496. The summed E-state index contributed by atoms with van der Waals surface area (Å²) in [6.45, 7) is 11.6. The second-order valence-corrected chi connectivity index (χ2v) is 8.43. The number of ether oxygens (including phenoxy) is 1. The topological polar surface area (TPSA) is 53.6 Å². The summed E-state index contributed by atoms with van der Waals surface area (Å²) < 4.78 is 5.41. The molecule has 1 saturated heterocycles. The summed E-state index contributed by atoms with van der Waals surface area (Å²) in [6, 6.07) is 1.17. The van der Waals surface area contributed by atoms with Crippen LogP contribution in [-0.4, -0.2) is 54.4 Å². The van der Waals surface area contributed by atoms with Gasteiger partial charge in [0.2, 0.25) is 0 Å². The van der Waals surface area contributed by atoms with Gasteiger partial charge >= 0.3 is 6.09 Å². The van der Waals surface area contributed by atoms with Gasteiger partial charge in [-0.25, -0.2) is 4.79 Å². The van der Waals surface area contributed by atoms with Crippen molar-refractivity contribution in [1.82, 2.24) is 15.5 Å². The predicted molar refractivity (Wildman–Crippen MR) is 98.3 cm³/mol. The van der Waals surface area contributed by atoms with Gasteiger partial charge in [-0.2, -0.15) is 0 Å². The minimum atomic E-state index is -0.435. The van der Waals surface area contributed by atoms with Gasteiger partial charge in [0.1, 0.15) is 5.60 Å². The van der Waals surface area contributed by atoms with Crippen molar-refractivity contribution in [3.63, 3.8) is 0 Å². The summed E-state index contributed by atoms with van der Waals surface area (Å²) >= 11 is 0. The van der Waals surface area contributed by atoms with Crippen LogP contribution in [0.25, 0.3) is 0 Å². The zero-order chi connectivity index (χ0) is 17.6. The van der Waals surface area contributed by atoms with Crippen molar-refractivity contribution < 1.29 is 9.53 Å². The third-order valence-corrected chi connectivity index (χ3v) is 5.03. The minimum Gasteiger partial charge on any atom is -0.444 e. The van der Waals surface area contributed by atoms with E-state index in [0.717, 1.165) is 12.8 Å². The number of carbonyl (C=O) groups is 1. The highest BCUT2D eigenvalue weighted by molar-refractivity contribution is 5.68. The third kappa shape index (κ3) is 6.60. The van der Waals surface area contributed by atoms with Gasteiger partial charge in [0.05, 0.1) is 0 Å². The number of nitrogens with zero attached hydrogens (tertiary/aromatic N) is 1. The smallest absolute Gasteiger partial charge is 0.407 e. The molecule has 0 bridgehead atoms. The van der Waals surface area contributed by atoms with Crippen LogP contribution in [0.15, 0.2) is 0 Å². The van der Waals surface area contributed by atoms with Crippen molar-refractivity contribution in [1.29, 1.82) is 0 Å². The fraction of sp³-hybridized carbons (Fsp3) is 0.947. The molecule has 2 rings (SSSR count). The lowest BCUT2D eigenvalue weighted by Gasteiger charge is -2.28. The van der Waals surface area contributed by atoms with Gasteiger partial charge < -0.3 is 20.3 Å². The number of rotatable bonds is 5. The molecule has 1 aliphatic carbocycles. The molecule has 24 heavy (non-hydrogen) atoms. The van der Waals surface area contributed by atoms with Crippen molar-refractivity contribution in [3.05, 3.63) is 0 Å². The zero-order valence-electron chi connectivity index (χ0n) is 16.1. The van der Waals surface area contributed by atoms with Crippen molar-refractivity contribution in [2.45, 2.75) is 96.4 Å². The molecule has 2 fully saturated rings. The van der Waals surface area contributed by atoms with Crippen molar-refractivity contribution in [2.24, 2.45) is 0 Å². The molecule has 2 aliphatic rings. The first-order chi connectivity index (χ1) is 11.4. The second-order valence-electron chi connectivity index (χ2n) is 8.43. The van der Waals surface area contributed by atoms with Gasteiger partial charge in [0.25, 0.3) is 0 Å². The van der Waals surface area contributed by atoms with E-state index in [9.17, 15) is 4.79 Å². The first kappa shape index (κ1) is 19.5. The molecular formula is C19H37N3O2. The summed E-state index contributed by atoms with van der Waals surface area (Å²) in [7, 11) is 0. The average molecular weight is 340 g/mol. The number of hydrogen-bond donors (Lipinski definition) is 2. The van der Waals surface area contributed by atoms with Gasteiger partial charge in [-0.3, -0.25) is 0 Å². The maximum Gasteiger partial charge on any atom is 0.407 e. The van der Waals surface area contributed by atoms with E-state index in [1.165, 1.54) is 51.7 Å². The molecule has 5 heteroatoms. The quantitative estimate of drug-likeness (QED) is 0.807. The molecule has 1 heterocycles.